The highest BCUT2D eigenvalue weighted by molar-refractivity contribution is 5.38. The van der Waals surface area contributed by atoms with E-state index in [0.29, 0.717) is 12.2 Å². The molecule has 0 amide bonds. The number of imidazole rings is 1. The molecule has 4 nitrogen and oxygen atoms in total. The molecule has 1 N–H and O–H groups in total. The molecule has 2 aromatic rings. The van der Waals surface area contributed by atoms with Gasteiger partial charge in [-0.05, 0) is 26.0 Å². The number of rotatable bonds is 5. The van der Waals surface area contributed by atoms with Gasteiger partial charge in [0.05, 0.1) is 13.2 Å². The number of benzene rings is 1. The van der Waals surface area contributed by atoms with Crippen LogP contribution < -0.4 is 4.74 Å². The van der Waals surface area contributed by atoms with Crippen molar-refractivity contribution < 1.29 is 9.84 Å². The molecule has 1 unspecified atom stereocenters. The zero-order valence-corrected chi connectivity index (χ0v) is 11.6. The SMILES string of the molecule is CCn1ccnc1CC(O)c1cc(C)ccc1OC. The Morgan fingerprint density at radius 3 is 2.89 bits per heavy atom. The van der Waals surface area contributed by atoms with E-state index in [4.69, 9.17) is 4.74 Å². The van der Waals surface area contributed by atoms with Gasteiger partial charge in [0, 0.05) is 30.9 Å². The highest BCUT2D eigenvalue weighted by Crippen LogP contribution is 2.28. The molecule has 0 saturated heterocycles. The number of aliphatic hydroxyl groups is 1. The second-order valence-corrected chi connectivity index (χ2v) is 4.59. The summed E-state index contributed by atoms with van der Waals surface area (Å²) in [6.07, 6.45) is 3.57. The van der Waals surface area contributed by atoms with E-state index in [1.54, 1.807) is 13.3 Å². The van der Waals surface area contributed by atoms with E-state index >= 15 is 0 Å². The van der Waals surface area contributed by atoms with Crippen LogP contribution in [-0.4, -0.2) is 21.8 Å². The predicted molar refractivity (Wildman–Crippen MR) is 74.3 cm³/mol. The van der Waals surface area contributed by atoms with Crippen molar-refractivity contribution >= 4 is 0 Å². The summed E-state index contributed by atoms with van der Waals surface area (Å²) in [6, 6.07) is 5.82. The molecule has 2 rings (SSSR count). The lowest BCUT2D eigenvalue weighted by molar-refractivity contribution is 0.170. The maximum atomic E-state index is 10.4. The van der Waals surface area contributed by atoms with E-state index in [9.17, 15) is 5.11 Å². The zero-order valence-electron chi connectivity index (χ0n) is 11.6. The largest absolute Gasteiger partial charge is 0.496 e. The van der Waals surface area contributed by atoms with Gasteiger partial charge in [0.2, 0.25) is 0 Å². The molecule has 1 aromatic carbocycles. The van der Waals surface area contributed by atoms with E-state index in [0.717, 1.165) is 23.5 Å². The summed E-state index contributed by atoms with van der Waals surface area (Å²) in [5.74, 6) is 1.60. The average molecular weight is 260 g/mol. The van der Waals surface area contributed by atoms with Crippen LogP contribution in [0.4, 0.5) is 0 Å². The Kier molecular flexibility index (Phi) is 4.22. The van der Waals surface area contributed by atoms with Crippen LogP contribution in [0.5, 0.6) is 5.75 Å². The number of aromatic nitrogens is 2. The maximum Gasteiger partial charge on any atom is 0.124 e. The Bertz CT molecular complexity index is 549. The van der Waals surface area contributed by atoms with Crippen molar-refractivity contribution in [2.24, 2.45) is 0 Å². The van der Waals surface area contributed by atoms with E-state index in [2.05, 4.69) is 11.9 Å². The third-order valence-electron chi connectivity index (χ3n) is 3.26. The van der Waals surface area contributed by atoms with Crippen LogP contribution in [-0.2, 0) is 13.0 Å². The summed E-state index contributed by atoms with van der Waals surface area (Å²) in [4.78, 5) is 4.29. The molecular formula is C15H20N2O2. The zero-order chi connectivity index (χ0) is 13.8. The molecule has 1 heterocycles. The van der Waals surface area contributed by atoms with Gasteiger partial charge in [-0.15, -0.1) is 0 Å². The van der Waals surface area contributed by atoms with Crippen molar-refractivity contribution in [2.45, 2.75) is 32.9 Å². The van der Waals surface area contributed by atoms with Crippen LogP contribution in [0.25, 0.3) is 0 Å². The molecule has 102 valence electrons. The van der Waals surface area contributed by atoms with E-state index in [-0.39, 0.29) is 0 Å². The number of nitrogens with zero attached hydrogens (tertiary/aromatic N) is 2. The molecule has 0 aliphatic heterocycles. The van der Waals surface area contributed by atoms with Gasteiger partial charge in [-0.3, -0.25) is 0 Å². The van der Waals surface area contributed by atoms with Crippen molar-refractivity contribution in [3.63, 3.8) is 0 Å². The Morgan fingerprint density at radius 2 is 2.21 bits per heavy atom. The van der Waals surface area contributed by atoms with Gasteiger partial charge in [0.25, 0.3) is 0 Å². The monoisotopic (exact) mass is 260 g/mol. The van der Waals surface area contributed by atoms with E-state index in [1.807, 2.05) is 35.9 Å². The molecule has 0 aliphatic rings. The van der Waals surface area contributed by atoms with E-state index in [1.165, 1.54) is 0 Å². The lowest BCUT2D eigenvalue weighted by Gasteiger charge is -2.16. The molecule has 0 saturated carbocycles. The topological polar surface area (TPSA) is 47.3 Å². The Hall–Kier alpha value is -1.81. The molecule has 1 aromatic heterocycles. The summed E-state index contributed by atoms with van der Waals surface area (Å²) in [5.41, 5.74) is 1.92. The molecule has 0 radical (unpaired) electrons. The summed E-state index contributed by atoms with van der Waals surface area (Å²) >= 11 is 0. The van der Waals surface area contributed by atoms with Gasteiger partial charge in [0.15, 0.2) is 0 Å². The minimum absolute atomic E-state index is 0.487. The van der Waals surface area contributed by atoms with Gasteiger partial charge in [-0.1, -0.05) is 11.6 Å². The number of aliphatic hydroxyl groups excluding tert-OH is 1. The Morgan fingerprint density at radius 1 is 1.42 bits per heavy atom. The molecule has 4 heteroatoms. The third kappa shape index (κ3) is 2.96. The van der Waals surface area contributed by atoms with Crippen LogP contribution in [0.1, 0.15) is 30.0 Å². The fourth-order valence-electron chi connectivity index (χ4n) is 2.21. The van der Waals surface area contributed by atoms with Crippen molar-refractivity contribution in [3.05, 3.63) is 47.5 Å². The molecule has 19 heavy (non-hydrogen) atoms. The number of aryl methyl sites for hydroxylation is 2. The predicted octanol–water partition coefficient (Wildman–Crippen LogP) is 2.50. The first-order chi connectivity index (χ1) is 9.15. The number of methoxy groups -OCH3 is 1. The molecule has 0 aliphatic carbocycles. The Labute approximate surface area is 113 Å². The van der Waals surface area contributed by atoms with Gasteiger partial charge >= 0.3 is 0 Å². The Balaban J connectivity index is 2.24. The van der Waals surface area contributed by atoms with Crippen LogP contribution >= 0.6 is 0 Å². The highest BCUT2D eigenvalue weighted by Gasteiger charge is 2.16. The summed E-state index contributed by atoms with van der Waals surface area (Å²) in [6.45, 7) is 4.92. The maximum absolute atomic E-state index is 10.4. The first-order valence-corrected chi connectivity index (χ1v) is 6.48. The second kappa shape index (κ2) is 5.89. The standard InChI is InChI=1S/C15H20N2O2/c1-4-17-8-7-16-15(17)10-13(18)12-9-11(2)5-6-14(12)19-3/h5-9,13,18H,4,10H2,1-3H3. The fourth-order valence-corrected chi connectivity index (χ4v) is 2.21. The van der Waals surface area contributed by atoms with Crippen molar-refractivity contribution in [2.75, 3.05) is 7.11 Å². The summed E-state index contributed by atoms with van der Waals surface area (Å²) < 4.78 is 7.34. The molecule has 0 bridgehead atoms. The average Bonchev–Trinajstić information content (AvgIpc) is 2.85. The highest BCUT2D eigenvalue weighted by atomic mass is 16.5. The molecule has 0 fully saturated rings. The normalized spacial score (nSPS) is 12.4. The van der Waals surface area contributed by atoms with Crippen LogP contribution in [0, 0.1) is 6.92 Å². The summed E-state index contributed by atoms with van der Waals surface area (Å²) in [7, 11) is 1.62. The number of ether oxygens (including phenoxy) is 1. The van der Waals surface area contributed by atoms with Crippen LogP contribution in [0.2, 0.25) is 0 Å². The van der Waals surface area contributed by atoms with Gasteiger partial charge in [-0.25, -0.2) is 4.98 Å². The lowest BCUT2D eigenvalue weighted by atomic mass is 10.0. The number of hydrogen-bond acceptors (Lipinski definition) is 3. The van der Waals surface area contributed by atoms with Crippen molar-refractivity contribution in [1.29, 1.82) is 0 Å². The van der Waals surface area contributed by atoms with Crippen LogP contribution in [0.15, 0.2) is 30.6 Å². The van der Waals surface area contributed by atoms with Gasteiger partial charge in [-0.2, -0.15) is 0 Å². The minimum atomic E-state index is -0.609. The smallest absolute Gasteiger partial charge is 0.124 e. The molecular weight excluding hydrogens is 240 g/mol. The van der Waals surface area contributed by atoms with Crippen molar-refractivity contribution in [3.8, 4) is 5.75 Å². The lowest BCUT2D eigenvalue weighted by Crippen LogP contribution is -2.09. The molecule has 0 spiro atoms. The second-order valence-electron chi connectivity index (χ2n) is 4.59. The third-order valence-corrected chi connectivity index (χ3v) is 3.26. The van der Waals surface area contributed by atoms with Gasteiger partial charge in [0.1, 0.15) is 11.6 Å². The first kappa shape index (κ1) is 13.6. The fraction of sp³-hybridized carbons (Fsp3) is 0.400. The van der Waals surface area contributed by atoms with E-state index < -0.39 is 6.10 Å². The number of hydrogen-bond donors (Lipinski definition) is 1. The first-order valence-electron chi connectivity index (χ1n) is 6.48. The molecule has 1 atom stereocenters. The minimum Gasteiger partial charge on any atom is -0.496 e. The van der Waals surface area contributed by atoms with Gasteiger partial charge < -0.3 is 14.4 Å². The van der Waals surface area contributed by atoms with Crippen LogP contribution in [0.3, 0.4) is 0 Å². The van der Waals surface area contributed by atoms with Crippen molar-refractivity contribution in [1.82, 2.24) is 9.55 Å². The quantitative estimate of drug-likeness (QED) is 0.898. The summed E-state index contributed by atoms with van der Waals surface area (Å²) in [5, 5.41) is 10.4.